The van der Waals surface area contributed by atoms with Gasteiger partial charge in [-0.2, -0.15) is 0 Å². The van der Waals surface area contributed by atoms with E-state index in [1.807, 2.05) is 25.1 Å². The predicted octanol–water partition coefficient (Wildman–Crippen LogP) is 6.07. The number of halogens is 1. The van der Waals surface area contributed by atoms with Gasteiger partial charge in [0.05, 0.1) is 18.7 Å². The molecule has 0 aliphatic carbocycles. The highest BCUT2D eigenvalue weighted by atomic mass is 19.1. The lowest BCUT2D eigenvalue weighted by Crippen LogP contribution is -2.29. The average Bonchev–Trinajstić information content (AvgIpc) is 3.09. The lowest BCUT2D eigenvalue weighted by Gasteiger charge is -2.26. The third-order valence-corrected chi connectivity index (χ3v) is 6.34. The Morgan fingerprint density at radius 2 is 1.60 bits per heavy atom. The van der Waals surface area contributed by atoms with Gasteiger partial charge in [-0.3, -0.25) is 14.5 Å². The standard InChI is InChI=1S/C29H28FNO4/c1-17-6-9-19(29(2,3)4)16-23(17)26(32)24-25(18-7-10-20(30)11-8-18)31(28(34)27(24)33)21-12-14-22(35-5)15-13-21/h6-16,25,32H,1-5H3/b26-24+. The van der Waals surface area contributed by atoms with Gasteiger partial charge >= 0.3 is 0 Å². The molecule has 5 nitrogen and oxygen atoms in total. The van der Waals surface area contributed by atoms with Crippen molar-refractivity contribution >= 4 is 23.1 Å². The second-order valence-electron chi connectivity index (χ2n) is 9.70. The SMILES string of the molecule is COc1ccc(N2C(=O)C(=O)/C(=C(/O)c3cc(C(C)(C)C)ccc3C)C2c2ccc(F)cc2)cc1. The number of benzene rings is 3. The van der Waals surface area contributed by atoms with E-state index in [1.165, 1.54) is 36.3 Å². The number of amides is 1. The second kappa shape index (κ2) is 9.02. The predicted molar refractivity (Wildman–Crippen MR) is 134 cm³/mol. The molecule has 35 heavy (non-hydrogen) atoms. The first-order valence-electron chi connectivity index (χ1n) is 11.3. The van der Waals surface area contributed by atoms with Gasteiger partial charge in [0.25, 0.3) is 11.7 Å². The molecule has 3 aromatic carbocycles. The Labute approximate surface area is 204 Å². The van der Waals surface area contributed by atoms with E-state index in [9.17, 15) is 19.1 Å². The highest BCUT2D eigenvalue weighted by Gasteiger charge is 2.47. The highest BCUT2D eigenvalue weighted by Crippen LogP contribution is 2.43. The van der Waals surface area contributed by atoms with Gasteiger partial charge in [0.15, 0.2) is 0 Å². The number of aryl methyl sites for hydroxylation is 1. The van der Waals surface area contributed by atoms with Gasteiger partial charge in [-0.1, -0.05) is 45.0 Å². The van der Waals surface area contributed by atoms with Crippen molar-refractivity contribution in [3.05, 3.63) is 100 Å². The molecular formula is C29H28FNO4. The average molecular weight is 474 g/mol. The molecule has 1 fully saturated rings. The summed E-state index contributed by atoms with van der Waals surface area (Å²) in [6.45, 7) is 8.02. The molecule has 1 amide bonds. The lowest BCUT2D eigenvalue weighted by atomic mass is 9.84. The maximum Gasteiger partial charge on any atom is 0.300 e. The molecule has 1 aliphatic rings. The number of carbonyl (C=O) groups excluding carboxylic acids is 2. The highest BCUT2D eigenvalue weighted by molar-refractivity contribution is 6.51. The van der Waals surface area contributed by atoms with Crippen molar-refractivity contribution in [1.29, 1.82) is 0 Å². The van der Waals surface area contributed by atoms with Gasteiger partial charge < -0.3 is 9.84 Å². The zero-order valence-corrected chi connectivity index (χ0v) is 20.4. The summed E-state index contributed by atoms with van der Waals surface area (Å²) in [5, 5.41) is 11.5. The molecule has 4 rings (SSSR count). The summed E-state index contributed by atoms with van der Waals surface area (Å²) in [7, 11) is 1.54. The summed E-state index contributed by atoms with van der Waals surface area (Å²) in [5.41, 5.74) is 2.98. The Morgan fingerprint density at radius 3 is 2.17 bits per heavy atom. The number of Topliss-reactive ketones (excluding diaryl/α,β-unsaturated/α-hetero) is 1. The molecular weight excluding hydrogens is 445 g/mol. The van der Waals surface area contributed by atoms with Crippen LogP contribution in [-0.2, 0) is 15.0 Å². The monoisotopic (exact) mass is 473 g/mol. The van der Waals surface area contributed by atoms with Crippen LogP contribution in [0.15, 0.2) is 72.3 Å². The van der Waals surface area contributed by atoms with Crippen molar-refractivity contribution in [1.82, 2.24) is 0 Å². The Balaban J connectivity index is 1.95. The third-order valence-electron chi connectivity index (χ3n) is 6.34. The van der Waals surface area contributed by atoms with Crippen molar-refractivity contribution in [2.75, 3.05) is 12.0 Å². The van der Waals surface area contributed by atoms with E-state index in [4.69, 9.17) is 4.74 Å². The summed E-state index contributed by atoms with van der Waals surface area (Å²) >= 11 is 0. The lowest BCUT2D eigenvalue weighted by molar-refractivity contribution is -0.132. The van der Waals surface area contributed by atoms with Crippen LogP contribution in [0.2, 0.25) is 0 Å². The van der Waals surface area contributed by atoms with E-state index in [0.717, 1.165) is 11.1 Å². The molecule has 0 spiro atoms. The van der Waals surface area contributed by atoms with E-state index in [0.29, 0.717) is 22.6 Å². The largest absolute Gasteiger partial charge is 0.507 e. The Kier molecular flexibility index (Phi) is 6.24. The third kappa shape index (κ3) is 4.44. The molecule has 0 radical (unpaired) electrons. The minimum absolute atomic E-state index is 0.0356. The summed E-state index contributed by atoms with van der Waals surface area (Å²) in [4.78, 5) is 28.0. The van der Waals surface area contributed by atoms with Crippen LogP contribution in [0.3, 0.4) is 0 Å². The summed E-state index contributed by atoms with van der Waals surface area (Å²) < 4.78 is 18.9. The number of aliphatic hydroxyl groups is 1. The molecule has 1 aliphatic heterocycles. The number of nitrogens with zero attached hydrogens (tertiary/aromatic N) is 1. The number of anilines is 1. The quantitative estimate of drug-likeness (QED) is 0.284. The van der Waals surface area contributed by atoms with Crippen molar-refractivity contribution in [3.8, 4) is 5.75 Å². The molecule has 3 aromatic rings. The maximum absolute atomic E-state index is 13.7. The van der Waals surface area contributed by atoms with Gasteiger partial charge in [0.2, 0.25) is 0 Å². The first-order valence-corrected chi connectivity index (χ1v) is 11.3. The van der Waals surface area contributed by atoms with E-state index >= 15 is 0 Å². The normalized spacial score (nSPS) is 17.7. The van der Waals surface area contributed by atoms with Crippen LogP contribution >= 0.6 is 0 Å². The van der Waals surface area contributed by atoms with Gasteiger partial charge in [0, 0.05) is 11.3 Å². The minimum atomic E-state index is -0.929. The Bertz CT molecular complexity index is 1320. The van der Waals surface area contributed by atoms with Crippen molar-refractivity contribution in [2.24, 2.45) is 0 Å². The van der Waals surface area contributed by atoms with Crippen LogP contribution in [0.4, 0.5) is 10.1 Å². The van der Waals surface area contributed by atoms with E-state index in [-0.39, 0.29) is 16.7 Å². The summed E-state index contributed by atoms with van der Waals surface area (Å²) in [6, 6.07) is 17.1. The number of ketones is 1. The minimum Gasteiger partial charge on any atom is -0.507 e. The fourth-order valence-electron chi connectivity index (χ4n) is 4.29. The molecule has 0 saturated carbocycles. The second-order valence-corrected chi connectivity index (χ2v) is 9.70. The molecule has 1 N–H and O–H groups in total. The molecule has 1 saturated heterocycles. The first-order chi connectivity index (χ1) is 16.5. The van der Waals surface area contributed by atoms with Crippen molar-refractivity contribution in [2.45, 2.75) is 39.2 Å². The molecule has 1 atom stereocenters. The van der Waals surface area contributed by atoms with E-state index in [2.05, 4.69) is 20.8 Å². The molecule has 6 heteroatoms. The maximum atomic E-state index is 13.7. The Morgan fingerprint density at radius 1 is 0.971 bits per heavy atom. The van der Waals surface area contributed by atoms with Crippen LogP contribution in [0.25, 0.3) is 5.76 Å². The molecule has 1 unspecified atom stereocenters. The fourth-order valence-corrected chi connectivity index (χ4v) is 4.29. The first kappa shape index (κ1) is 24.2. The molecule has 1 heterocycles. The van der Waals surface area contributed by atoms with Gasteiger partial charge in [-0.05, 0) is 71.5 Å². The van der Waals surface area contributed by atoms with E-state index in [1.54, 1.807) is 24.3 Å². The van der Waals surface area contributed by atoms with Gasteiger partial charge in [-0.25, -0.2) is 4.39 Å². The smallest absolute Gasteiger partial charge is 0.300 e. The van der Waals surface area contributed by atoms with Crippen LogP contribution in [-0.4, -0.2) is 23.9 Å². The number of methoxy groups -OCH3 is 1. The molecule has 0 aromatic heterocycles. The van der Waals surface area contributed by atoms with Crippen LogP contribution in [0.1, 0.15) is 49.1 Å². The number of carbonyl (C=O) groups is 2. The number of rotatable bonds is 4. The summed E-state index contributed by atoms with van der Waals surface area (Å²) in [5.74, 6) is -1.66. The van der Waals surface area contributed by atoms with Crippen molar-refractivity contribution < 1.29 is 23.8 Å². The Hall–Kier alpha value is -3.93. The van der Waals surface area contributed by atoms with Crippen LogP contribution in [0, 0.1) is 12.7 Å². The van der Waals surface area contributed by atoms with Crippen molar-refractivity contribution in [3.63, 3.8) is 0 Å². The molecule has 180 valence electrons. The number of hydrogen-bond acceptors (Lipinski definition) is 4. The number of hydrogen-bond donors (Lipinski definition) is 1. The number of ether oxygens (including phenoxy) is 1. The topological polar surface area (TPSA) is 66.8 Å². The zero-order chi connectivity index (χ0) is 25.5. The fraction of sp³-hybridized carbons (Fsp3) is 0.241. The van der Waals surface area contributed by atoms with Crippen LogP contribution in [0.5, 0.6) is 5.75 Å². The molecule has 0 bridgehead atoms. The number of aliphatic hydroxyl groups excluding tert-OH is 1. The zero-order valence-electron chi connectivity index (χ0n) is 20.4. The summed E-state index contributed by atoms with van der Waals surface area (Å²) in [6.07, 6.45) is 0. The van der Waals surface area contributed by atoms with E-state index < -0.39 is 23.5 Å². The van der Waals surface area contributed by atoms with Crippen LogP contribution < -0.4 is 9.64 Å². The van der Waals surface area contributed by atoms with Gasteiger partial charge in [-0.15, -0.1) is 0 Å². The van der Waals surface area contributed by atoms with Gasteiger partial charge in [0.1, 0.15) is 17.3 Å².